The summed E-state index contributed by atoms with van der Waals surface area (Å²) >= 11 is 0. The average molecular weight is 310 g/mol. The first-order chi connectivity index (χ1) is 10.1. The van der Waals surface area contributed by atoms with Gasteiger partial charge in [0.25, 0.3) is 0 Å². The first-order valence-electron chi connectivity index (χ1n) is 7.86. The second-order valence-electron chi connectivity index (χ2n) is 5.81. The van der Waals surface area contributed by atoms with E-state index in [0.717, 1.165) is 5.69 Å². The third-order valence-electron chi connectivity index (χ3n) is 4.42. The van der Waals surface area contributed by atoms with Gasteiger partial charge in [-0.3, -0.25) is 0 Å². The highest BCUT2D eigenvalue weighted by atomic mass is 32.2. The standard InChI is InChI=1S/C16H26N2O2S/c1-2-21(19,20)15-10-8-14(9-11-15)18-16(12-17)13-6-4-3-5-7-13/h8-11,13,16,18H,2-7,12,17H2,1H3. The molecular weight excluding hydrogens is 284 g/mol. The summed E-state index contributed by atoms with van der Waals surface area (Å²) in [4.78, 5) is 0.387. The average Bonchev–Trinajstić information content (AvgIpc) is 2.54. The van der Waals surface area contributed by atoms with Crippen molar-refractivity contribution in [2.24, 2.45) is 11.7 Å². The molecule has 1 atom stereocenters. The third kappa shape index (κ3) is 4.20. The van der Waals surface area contributed by atoms with Crippen LogP contribution < -0.4 is 11.1 Å². The van der Waals surface area contributed by atoms with Gasteiger partial charge in [-0.15, -0.1) is 0 Å². The smallest absolute Gasteiger partial charge is 0.178 e. The Morgan fingerprint density at radius 2 is 1.81 bits per heavy atom. The highest BCUT2D eigenvalue weighted by Crippen LogP contribution is 2.28. The van der Waals surface area contributed by atoms with Gasteiger partial charge in [0.1, 0.15) is 0 Å². The van der Waals surface area contributed by atoms with Crippen LogP contribution in [0.1, 0.15) is 39.0 Å². The van der Waals surface area contributed by atoms with Crippen LogP contribution in [0, 0.1) is 5.92 Å². The van der Waals surface area contributed by atoms with Crippen molar-refractivity contribution in [1.82, 2.24) is 0 Å². The Labute approximate surface area is 128 Å². The van der Waals surface area contributed by atoms with Gasteiger partial charge in [-0.2, -0.15) is 0 Å². The highest BCUT2D eigenvalue weighted by molar-refractivity contribution is 7.91. The van der Waals surface area contributed by atoms with Crippen molar-refractivity contribution >= 4 is 15.5 Å². The van der Waals surface area contributed by atoms with E-state index < -0.39 is 9.84 Å². The molecule has 1 aromatic carbocycles. The first-order valence-corrected chi connectivity index (χ1v) is 9.51. The molecule has 2 rings (SSSR count). The lowest BCUT2D eigenvalue weighted by molar-refractivity contribution is 0.320. The lowest BCUT2D eigenvalue weighted by atomic mass is 9.84. The number of hydrogen-bond acceptors (Lipinski definition) is 4. The fraction of sp³-hybridized carbons (Fsp3) is 0.625. The van der Waals surface area contributed by atoms with Crippen molar-refractivity contribution in [2.75, 3.05) is 17.6 Å². The van der Waals surface area contributed by atoms with Gasteiger partial charge >= 0.3 is 0 Å². The van der Waals surface area contributed by atoms with Gasteiger partial charge in [0, 0.05) is 18.3 Å². The van der Waals surface area contributed by atoms with Gasteiger partial charge in [-0.1, -0.05) is 26.2 Å². The second-order valence-corrected chi connectivity index (χ2v) is 8.09. The van der Waals surface area contributed by atoms with Crippen LogP contribution in [0.4, 0.5) is 5.69 Å². The molecule has 118 valence electrons. The predicted octanol–water partition coefficient (Wildman–Crippen LogP) is 2.80. The van der Waals surface area contributed by atoms with Crippen molar-refractivity contribution in [1.29, 1.82) is 0 Å². The summed E-state index contributed by atoms with van der Waals surface area (Å²) in [7, 11) is -3.12. The van der Waals surface area contributed by atoms with Crippen molar-refractivity contribution in [3.05, 3.63) is 24.3 Å². The van der Waals surface area contributed by atoms with E-state index in [0.29, 0.717) is 17.4 Å². The fourth-order valence-corrected chi connectivity index (χ4v) is 3.93. The minimum atomic E-state index is -3.12. The van der Waals surface area contributed by atoms with Crippen LogP contribution in [0.3, 0.4) is 0 Å². The largest absolute Gasteiger partial charge is 0.381 e. The maximum Gasteiger partial charge on any atom is 0.178 e. The number of benzene rings is 1. The van der Waals surface area contributed by atoms with Crippen LogP contribution in [-0.2, 0) is 9.84 Å². The lowest BCUT2D eigenvalue weighted by Crippen LogP contribution is -2.37. The zero-order chi connectivity index (χ0) is 15.3. The van der Waals surface area contributed by atoms with E-state index in [1.807, 2.05) is 12.1 Å². The maximum absolute atomic E-state index is 11.8. The summed E-state index contributed by atoms with van der Waals surface area (Å²) in [6.45, 7) is 2.27. The zero-order valence-corrected chi connectivity index (χ0v) is 13.5. The molecule has 1 aliphatic rings. The molecule has 0 amide bonds. The van der Waals surface area contributed by atoms with E-state index in [1.54, 1.807) is 19.1 Å². The van der Waals surface area contributed by atoms with E-state index >= 15 is 0 Å². The molecule has 0 bridgehead atoms. The van der Waals surface area contributed by atoms with Gasteiger partial charge < -0.3 is 11.1 Å². The Kier molecular flexibility index (Phi) is 5.65. The number of rotatable bonds is 6. The summed E-state index contributed by atoms with van der Waals surface area (Å²) in [5, 5.41) is 3.48. The molecule has 1 aromatic rings. The molecule has 1 unspecified atom stereocenters. The van der Waals surface area contributed by atoms with E-state index in [9.17, 15) is 8.42 Å². The molecule has 4 nitrogen and oxygen atoms in total. The number of hydrogen-bond donors (Lipinski definition) is 2. The van der Waals surface area contributed by atoms with E-state index in [-0.39, 0.29) is 11.8 Å². The lowest BCUT2D eigenvalue weighted by Gasteiger charge is -2.30. The van der Waals surface area contributed by atoms with E-state index in [2.05, 4.69) is 5.32 Å². The SMILES string of the molecule is CCS(=O)(=O)c1ccc(NC(CN)C2CCCCC2)cc1. The van der Waals surface area contributed by atoms with E-state index in [4.69, 9.17) is 5.73 Å². The van der Waals surface area contributed by atoms with Crippen molar-refractivity contribution in [3.8, 4) is 0 Å². The molecule has 0 aliphatic heterocycles. The Balaban J connectivity index is 2.04. The van der Waals surface area contributed by atoms with Gasteiger partial charge in [0.15, 0.2) is 9.84 Å². The molecule has 21 heavy (non-hydrogen) atoms. The Bertz CT molecular complexity index is 534. The van der Waals surface area contributed by atoms with Crippen LogP contribution in [0.2, 0.25) is 0 Å². The molecule has 0 saturated heterocycles. The van der Waals surface area contributed by atoms with Gasteiger partial charge in [0.2, 0.25) is 0 Å². The molecule has 1 saturated carbocycles. The maximum atomic E-state index is 11.8. The fourth-order valence-electron chi connectivity index (χ4n) is 3.05. The molecule has 5 heteroatoms. The molecular formula is C16H26N2O2S. The van der Waals surface area contributed by atoms with Crippen LogP contribution in [0.5, 0.6) is 0 Å². The summed E-state index contributed by atoms with van der Waals surface area (Å²) in [5.41, 5.74) is 6.86. The van der Waals surface area contributed by atoms with Crippen LogP contribution in [-0.4, -0.2) is 26.8 Å². The number of sulfone groups is 1. The van der Waals surface area contributed by atoms with Crippen LogP contribution in [0.25, 0.3) is 0 Å². The van der Waals surface area contributed by atoms with Crippen LogP contribution >= 0.6 is 0 Å². The monoisotopic (exact) mass is 310 g/mol. The highest BCUT2D eigenvalue weighted by Gasteiger charge is 2.22. The molecule has 0 radical (unpaired) electrons. The molecule has 0 spiro atoms. The Hall–Kier alpha value is -1.07. The molecule has 1 fully saturated rings. The third-order valence-corrected chi connectivity index (χ3v) is 6.17. The minimum absolute atomic E-state index is 0.132. The van der Waals surface area contributed by atoms with E-state index in [1.165, 1.54) is 32.1 Å². The quantitative estimate of drug-likeness (QED) is 0.847. The Morgan fingerprint density at radius 3 is 2.33 bits per heavy atom. The zero-order valence-electron chi connectivity index (χ0n) is 12.7. The summed E-state index contributed by atoms with van der Waals surface area (Å²) in [5.74, 6) is 0.760. The number of nitrogens with one attached hydrogen (secondary N) is 1. The van der Waals surface area contributed by atoms with Gasteiger partial charge in [-0.05, 0) is 43.0 Å². The summed E-state index contributed by atoms with van der Waals surface area (Å²) in [6, 6.07) is 7.31. The second kappa shape index (κ2) is 7.27. The van der Waals surface area contributed by atoms with Crippen LogP contribution in [0.15, 0.2) is 29.2 Å². The van der Waals surface area contributed by atoms with Crippen molar-refractivity contribution in [2.45, 2.75) is 50.0 Å². The first kappa shape index (κ1) is 16.3. The summed E-state index contributed by atoms with van der Waals surface area (Å²) < 4.78 is 23.6. The molecule has 1 aliphatic carbocycles. The van der Waals surface area contributed by atoms with Crippen molar-refractivity contribution in [3.63, 3.8) is 0 Å². The molecule has 0 aromatic heterocycles. The predicted molar refractivity (Wildman–Crippen MR) is 87.2 cm³/mol. The minimum Gasteiger partial charge on any atom is -0.381 e. The van der Waals surface area contributed by atoms with Crippen molar-refractivity contribution < 1.29 is 8.42 Å². The normalized spacial score (nSPS) is 18.4. The number of anilines is 1. The topological polar surface area (TPSA) is 72.2 Å². The van der Waals surface area contributed by atoms with Gasteiger partial charge in [-0.25, -0.2) is 8.42 Å². The molecule has 0 heterocycles. The molecule has 3 N–H and O–H groups in total. The summed E-state index contributed by atoms with van der Waals surface area (Å²) in [6.07, 6.45) is 6.37. The number of nitrogens with two attached hydrogens (primary N) is 1. The van der Waals surface area contributed by atoms with Gasteiger partial charge in [0.05, 0.1) is 10.6 Å². The Morgan fingerprint density at radius 1 is 1.19 bits per heavy atom.